The molecule has 0 atom stereocenters. The number of benzene rings is 1. The number of amides is 1. The van der Waals surface area contributed by atoms with Crippen LogP contribution in [0.5, 0.6) is 0 Å². The number of nitrogens with two attached hydrogens (primary N) is 1. The van der Waals surface area contributed by atoms with Gasteiger partial charge in [-0.1, -0.05) is 43.6 Å². The largest absolute Gasteiger partial charge is 0.389 e. The molecule has 0 saturated heterocycles. The summed E-state index contributed by atoms with van der Waals surface area (Å²) in [6.07, 6.45) is 6.25. The highest BCUT2D eigenvalue weighted by Gasteiger charge is 2.19. The van der Waals surface area contributed by atoms with Gasteiger partial charge in [-0.15, -0.1) is 0 Å². The number of likely N-dealkylation sites (N-methyl/N-ethyl adjacent to an activating group) is 1. The van der Waals surface area contributed by atoms with E-state index in [0.717, 1.165) is 11.3 Å². The molecule has 1 amide bonds. The number of carbonyl (C=O) groups excluding carboxylic acids is 1. The SMILES string of the molecule is CN(CC(=O)Nc1cccc(C(N)=S)c1)C1CCCCC1. The maximum Gasteiger partial charge on any atom is 0.238 e. The Morgan fingerprint density at radius 3 is 2.76 bits per heavy atom. The Balaban J connectivity index is 1.89. The number of hydrogen-bond acceptors (Lipinski definition) is 3. The van der Waals surface area contributed by atoms with Crippen molar-refractivity contribution >= 4 is 28.8 Å². The number of nitrogens with zero attached hydrogens (tertiary/aromatic N) is 1. The number of rotatable bonds is 5. The third-order valence-corrected chi connectivity index (χ3v) is 4.26. The Kier molecular flexibility index (Phi) is 5.70. The lowest BCUT2D eigenvalue weighted by atomic mass is 9.94. The normalized spacial score (nSPS) is 15.9. The van der Waals surface area contributed by atoms with Gasteiger partial charge in [0.2, 0.25) is 5.91 Å². The molecule has 1 aromatic carbocycles. The number of anilines is 1. The summed E-state index contributed by atoms with van der Waals surface area (Å²) in [6.45, 7) is 0.419. The highest BCUT2D eigenvalue weighted by molar-refractivity contribution is 7.80. The first-order valence-electron chi connectivity index (χ1n) is 7.46. The molecule has 1 aliphatic rings. The Morgan fingerprint density at radius 1 is 1.38 bits per heavy atom. The summed E-state index contributed by atoms with van der Waals surface area (Å²) in [4.78, 5) is 14.6. The van der Waals surface area contributed by atoms with Crippen LogP contribution in [0.1, 0.15) is 37.7 Å². The Labute approximate surface area is 131 Å². The predicted octanol–water partition coefficient (Wildman–Crippen LogP) is 2.52. The molecule has 3 N–H and O–H groups in total. The van der Waals surface area contributed by atoms with E-state index in [9.17, 15) is 4.79 Å². The van der Waals surface area contributed by atoms with Crippen molar-refractivity contribution in [2.45, 2.75) is 38.1 Å². The zero-order valence-electron chi connectivity index (χ0n) is 12.5. The second-order valence-electron chi connectivity index (χ2n) is 5.70. The molecule has 0 aromatic heterocycles. The lowest BCUT2D eigenvalue weighted by Crippen LogP contribution is -2.39. The Bertz CT molecular complexity index is 512. The van der Waals surface area contributed by atoms with Crippen molar-refractivity contribution in [3.8, 4) is 0 Å². The number of nitrogens with one attached hydrogen (secondary N) is 1. The van der Waals surface area contributed by atoms with Gasteiger partial charge in [-0.3, -0.25) is 9.69 Å². The van der Waals surface area contributed by atoms with Gasteiger partial charge < -0.3 is 11.1 Å². The van der Waals surface area contributed by atoms with E-state index < -0.39 is 0 Å². The first-order chi connectivity index (χ1) is 10.1. The van der Waals surface area contributed by atoms with Crippen LogP contribution in [-0.4, -0.2) is 35.4 Å². The van der Waals surface area contributed by atoms with Crippen LogP contribution in [0.2, 0.25) is 0 Å². The smallest absolute Gasteiger partial charge is 0.238 e. The molecule has 0 bridgehead atoms. The molecule has 4 nitrogen and oxygen atoms in total. The zero-order valence-corrected chi connectivity index (χ0v) is 13.3. The summed E-state index contributed by atoms with van der Waals surface area (Å²) in [5.74, 6) is 0.00293. The topological polar surface area (TPSA) is 58.4 Å². The second-order valence-corrected chi connectivity index (χ2v) is 6.14. The molecule has 1 fully saturated rings. The Hall–Kier alpha value is -1.46. The highest BCUT2D eigenvalue weighted by atomic mass is 32.1. The first kappa shape index (κ1) is 15.9. The monoisotopic (exact) mass is 305 g/mol. The summed E-state index contributed by atoms with van der Waals surface area (Å²) in [6, 6.07) is 7.87. The van der Waals surface area contributed by atoms with Crippen LogP contribution in [0.4, 0.5) is 5.69 Å². The van der Waals surface area contributed by atoms with Crippen molar-refractivity contribution in [1.82, 2.24) is 4.90 Å². The summed E-state index contributed by atoms with van der Waals surface area (Å²) in [5.41, 5.74) is 7.11. The van der Waals surface area contributed by atoms with E-state index in [1.165, 1.54) is 32.1 Å². The van der Waals surface area contributed by atoms with Gasteiger partial charge in [0, 0.05) is 17.3 Å². The number of thiocarbonyl (C=S) groups is 1. The molecule has 114 valence electrons. The van der Waals surface area contributed by atoms with E-state index >= 15 is 0 Å². The van der Waals surface area contributed by atoms with Crippen molar-refractivity contribution in [1.29, 1.82) is 0 Å². The molecule has 0 heterocycles. The molecule has 1 aromatic rings. The lowest BCUT2D eigenvalue weighted by molar-refractivity contribution is -0.117. The van der Waals surface area contributed by atoms with E-state index in [4.69, 9.17) is 18.0 Å². The van der Waals surface area contributed by atoms with E-state index in [1.807, 2.05) is 25.2 Å². The molecular formula is C16H23N3OS. The molecule has 0 aliphatic heterocycles. The molecular weight excluding hydrogens is 282 g/mol. The molecule has 5 heteroatoms. The minimum atomic E-state index is 0.00293. The van der Waals surface area contributed by atoms with Gasteiger partial charge in [-0.05, 0) is 32.0 Å². The lowest BCUT2D eigenvalue weighted by Gasteiger charge is -2.30. The number of hydrogen-bond donors (Lipinski definition) is 2. The van der Waals surface area contributed by atoms with Crippen LogP contribution in [0.15, 0.2) is 24.3 Å². The molecule has 21 heavy (non-hydrogen) atoms. The van der Waals surface area contributed by atoms with Gasteiger partial charge in [0.15, 0.2) is 0 Å². The van der Waals surface area contributed by atoms with Crippen LogP contribution in [0, 0.1) is 0 Å². The van der Waals surface area contributed by atoms with Crippen molar-refractivity contribution in [2.24, 2.45) is 5.73 Å². The fourth-order valence-electron chi connectivity index (χ4n) is 2.83. The Morgan fingerprint density at radius 2 is 2.10 bits per heavy atom. The van der Waals surface area contributed by atoms with Gasteiger partial charge in [-0.2, -0.15) is 0 Å². The minimum Gasteiger partial charge on any atom is -0.389 e. The third-order valence-electron chi connectivity index (χ3n) is 4.02. The quantitative estimate of drug-likeness (QED) is 0.821. The van der Waals surface area contributed by atoms with E-state index in [0.29, 0.717) is 17.6 Å². The van der Waals surface area contributed by atoms with Crippen molar-refractivity contribution in [3.05, 3.63) is 29.8 Å². The van der Waals surface area contributed by atoms with Crippen LogP contribution in [0.25, 0.3) is 0 Å². The first-order valence-corrected chi connectivity index (χ1v) is 7.87. The van der Waals surface area contributed by atoms with E-state index in [2.05, 4.69) is 10.2 Å². The fraction of sp³-hybridized carbons (Fsp3) is 0.500. The van der Waals surface area contributed by atoms with Crippen LogP contribution >= 0.6 is 12.2 Å². The molecule has 2 rings (SSSR count). The standard InChI is InChI=1S/C16H23N3OS/c1-19(14-8-3-2-4-9-14)11-15(20)18-13-7-5-6-12(10-13)16(17)21/h5-7,10,14H,2-4,8-9,11H2,1H3,(H2,17,21)(H,18,20). The molecule has 0 spiro atoms. The third kappa shape index (κ3) is 4.79. The minimum absolute atomic E-state index is 0.00293. The van der Waals surface area contributed by atoms with E-state index in [-0.39, 0.29) is 5.91 Å². The average molecular weight is 305 g/mol. The summed E-state index contributed by atoms with van der Waals surface area (Å²) in [7, 11) is 2.03. The van der Waals surface area contributed by atoms with Gasteiger partial charge in [0.05, 0.1) is 6.54 Å². The summed E-state index contributed by atoms with van der Waals surface area (Å²) in [5, 5.41) is 2.91. The fourth-order valence-corrected chi connectivity index (χ4v) is 2.96. The highest BCUT2D eigenvalue weighted by Crippen LogP contribution is 2.21. The van der Waals surface area contributed by atoms with Gasteiger partial charge in [0.25, 0.3) is 0 Å². The maximum atomic E-state index is 12.1. The number of carbonyl (C=O) groups is 1. The maximum absolute atomic E-state index is 12.1. The predicted molar refractivity (Wildman–Crippen MR) is 90.5 cm³/mol. The van der Waals surface area contributed by atoms with Crippen molar-refractivity contribution < 1.29 is 4.79 Å². The summed E-state index contributed by atoms with van der Waals surface area (Å²) < 4.78 is 0. The van der Waals surface area contributed by atoms with Gasteiger partial charge in [0.1, 0.15) is 4.99 Å². The molecule has 0 radical (unpaired) electrons. The van der Waals surface area contributed by atoms with Crippen molar-refractivity contribution in [3.63, 3.8) is 0 Å². The van der Waals surface area contributed by atoms with Crippen LogP contribution in [-0.2, 0) is 4.79 Å². The van der Waals surface area contributed by atoms with Gasteiger partial charge in [-0.25, -0.2) is 0 Å². The molecule has 1 saturated carbocycles. The van der Waals surface area contributed by atoms with Gasteiger partial charge >= 0.3 is 0 Å². The molecule has 1 aliphatic carbocycles. The van der Waals surface area contributed by atoms with E-state index in [1.54, 1.807) is 6.07 Å². The summed E-state index contributed by atoms with van der Waals surface area (Å²) >= 11 is 4.95. The second kappa shape index (κ2) is 7.52. The zero-order chi connectivity index (χ0) is 15.2. The average Bonchev–Trinajstić information content (AvgIpc) is 2.48. The van der Waals surface area contributed by atoms with Crippen molar-refractivity contribution in [2.75, 3.05) is 18.9 Å². The van der Waals surface area contributed by atoms with Crippen LogP contribution in [0.3, 0.4) is 0 Å². The van der Waals surface area contributed by atoms with Crippen LogP contribution < -0.4 is 11.1 Å². The molecule has 0 unspecified atom stereocenters.